The van der Waals surface area contributed by atoms with E-state index in [9.17, 15) is 4.79 Å². The maximum atomic E-state index is 13.6. The Bertz CT molecular complexity index is 890. The van der Waals surface area contributed by atoms with E-state index in [1.54, 1.807) is 6.33 Å². The van der Waals surface area contributed by atoms with Crippen LogP contribution in [0, 0.1) is 24.2 Å². The molecule has 4 aliphatic rings. The molecule has 160 valence electrons. The van der Waals surface area contributed by atoms with Gasteiger partial charge in [-0.2, -0.15) is 5.10 Å². The van der Waals surface area contributed by atoms with Gasteiger partial charge in [-0.25, -0.2) is 9.67 Å². The number of nitrogens with one attached hydrogen (secondary N) is 1. The number of carbonyl (C=O) groups excluding carboxylic acids is 1. The van der Waals surface area contributed by atoms with Crippen molar-refractivity contribution in [2.45, 2.75) is 57.0 Å². The third kappa shape index (κ3) is 3.25. The summed E-state index contributed by atoms with van der Waals surface area (Å²) in [6, 6.07) is 8.82. The standard InChI is InChI=1S/C24H33N5O/c1-17-4-6-20(7-5-17)21(28(2)3)13-26-22(30)23-9-18-8-19(10-23)12-24(11-18,14-23)29-16-25-15-27-29/h4-7,15-16,18-19,21H,8-14H2,1-3H3,(H,26,30). The minimum absolute atomic E-state index is 0.0180. The predicted molar refractivity (Wildman–Crippen MR) is 116 cm³/mol. The Balaban J connectivity index is 1.35. The van der Waals surface area contributed by atoms with Crippen LogP contribution >= 0.6 is 0 Å². The fourth-order valence-corrected chi connectivity index (χ4v) is 6.97. The molecule has 1 aromatic heterocycles. The lowest BCUT2D eigenvalue weighted by Crippen LogP contribution is -2.61. The van der Waals surface area contributed by atoms with Crippen molar-refractivity contribution >= 4 is 5.91 Å². The summed E-state index contributed by atoms with van der Waals surface area (Å²) in [6.07, 6.45) is 10.0. The highest BCUT2D eigenvalue weighted by molar-refractivity contribution is 5.83. The van der Waals surface area contributed by atoms with E-state index in [4.69, 9.17) is 0 Å². The number of rotatable bonds is 6. The molecule has 6 heteroatoms. The molecule has 3 unspecified atom stereocenters. The highest BCUT2D eigenvalue weighted by Gasteiger charge is 2.61. The van der Waals surface area contributed by atoms with Gasteiger partial charge in [0.15, 0.2) is 0 Å². The molecule has 3 atom stereocenters. The summed E-state index contributed by atoms with van der Waals surface area (Å²) >= 11 is 0. The lowest BCUT2D eigenvalue weighted by molar-refractivity contribution is -0.156. The van der Waals surface area contributed by atoms with Gasteiger partial charge in [-0.1, -0.05) is 29.8 Å². The second-order valence-electron chi connectivity index (χ2n) is 10.4. The van der Waals surface area contributed by atoms with Crippen LogP contribution in [0.5, 0.6) is 0 Å². The molecule has 1 aromatic carbocycles. The first kappa shape index (κ1) is 19.7. The van der Waals surface area contributed by atoms with Crippen molar-refractivity contribution < 1.29 is 4.79 Å². The molecular weight excluding hydrogens is 374 g/mol. The van der Waals surface area contributed by atoms with Crippen LogP contribution in [0.25, 0.3) is 0 Å². The monoisotopic (exact) mass is 407 g/mol. The van der Waals surface area contributed by atoms with Gasteiger partial charge in [0, 0.05) is 6.54 Å². The molecule has 4 saturated carbocycles. The molecule has 0 aliphatic heterocycles. The first-order valence-corrected chi connectivity index (χ1v) is 11.3. The summed E-state index contributed by atoms with van der Waals surface area (Å²) in [6.45, 7) is 2.75. The van der Waals surface area contributed by atoms with Gasteiger partial charge in [0.2, 0.25) is 5.91 Å². The lowest BCUT2D eigenvalue weighted by Gasteiger charge is -2.60. The molecule has 0 saturated heterocycles. The summed E-state index contributed by atoms with van der Waals surface area (Å²) < 4.78 is 2.07. The molecular formula is C24H33N5O. The van der Waals surface area contributed by atoms with E-state index in [2.05, 4.69) is 70.3 Å². The molecule has 1 N–H and O–H groups in total. The van der Waals surface area contributed by atoms with Gasteiger partial charge >= 0.3 is 0 Å². The van der Waals surface area contributed by atoms with E-state index in [-0.39, 0.29) is 22.9 Å². The molecule has 4 bridgehead atoms. The number of aromatic nitrogens is 3. The molecule has 4 aliphatic carbocycles. The Morgan fingerprint density at radius 3 is 2.50 bits per heavy atom. The summed E-state index contributed by atoms with van der Waals surface area (Å²) in [5, 5.41) is 7.88. The molecule has 6 nitrogen and oxygen atoms in total. The minimum atomic E-state index is -0.250. The smallest absolute Gasteiger partial charge is 0.226 e. The normalized spacial score (nSPS) is 33.1. The van der Waals surface area contributed by atoms with Crippen molar-refractivity contribution in [3.05, 3.63) is 48.0 Å². The number of likely N-dealkylation sites (N-methyl/N-ethyl adjacent to an activating group) is 1. The number of benzene rings is 1. The van der Waals surface area contributed by atoms with Crippen molar-refractivity contribution in [1.82, 2.24) is 25.0 Å². The SMILES string of the molecule is Cc1ccc(C(CNC(=O)C23CC4CC(C2)CC(n2cncn2)(C4)C3)N(C)C)cc1. The highest BCUT2D eigenvalue weighted by Crippen LogP contribution is 2.64. The van der Waals surface area contributed by atoms with Gasteiger partial charge in [-0.05, 0) is 76.9 Å². The second-order valence-corrected chi connectivity index (χ2v) is 10.4. The molecule has 0 radical (unpaired) electrons. The maximum Gasteiger partial charge on any atom is 0.226 e. The van der Waals surface area contributed by atoms with E-state index < -0.39 is 0 Å². The van der Waals surface area contributed by atoms with Gasteiger partial charge in [0.05, 0.1) is 17.0 Å². The average molecular weight is 408 g/mol. The topological polar surface area (TPSA) is 63.1 Å². The average Bonchev–Trinajstić information content (AvgIpc) is 3.24. The van der Waals surface area contributed by atoms with Gasteiger partial charge in [-0.15, -0.1) is 0 Å². The summed E-state index contributed by atoms with van der Waals surface area (Å²) in [5.41, 5.74) is 2.23. The van der Waals surface area contributed by atoms with E-state index >= 15 is 0 Å². The van der Waals surface area contributed by atoms with Crippen molar-refractivity contribution in [2.75, 3.05) is 20.6 Å². The predicted octanol–water partition coefficient (Wildman–Crippen LogP) is 3.30. The van der Waals surface area contributed by atoms with Crippen LogP contribution in [0.4, 0.5) is 0 Å². The Labute approximate surface area is 179 Å². The molecule has 1 heterocycles. The van der Waals surface area contributed by atoms with Crippen LogP contribution < -0.4 is 5.32 Å². The Morgan fingerprint density at radius 2 is 1.90 bits per heavy atom. The number of hydrogen-bond acceptors (Lipinski definition) is 4. The molecule has 6 rings (SSSR count). The van der Waals surface area contributed by atoms with Crippen molar-refractivity contribution in [2.24, 2.45) is 17.3 Å². The third-order valence-electron chi connectivity index (χ3n) is 7.96. The number of aryl methyl sites for hydroxylation is 1. The van der Waals surface area contributed by atoms with Gasteiger partial charge in [-0.3, -0.25) is 4.79 Å². The zero-order valence-corrected chi connectivity index (χ0v) is 18.3. The third-order valence-corrected chi connectivity index (χ3v) is 7.96. The quantitative estimate of drug-likeness (QED) is 0.798. The largest absolute Gasteiger partial charge is 0.354 e. The highest BCUT2D eigenvalue weighted by atomic mass is 16.2. The zero-order valence-electron chi connectivity index (χ0n) is 18.3. The van der Waals surface area contributed by atoms with Crippen molar-refractivity contribution in [1.29, 1.82) is 0 Å². The summed E-state index contributed by atoms with van der Waals surface area (Å²) in [4.78, 5) is 20.1. The Hall–Kier alpha value is -2.21. The fraction of sp³-hybridized carbons (Fsp3) is 0.625. The van der Waals surface area contributed by atoms with Gasteiger partial charge in [0.1, 0.15) is 12.7 Å². The summed E-state index contributed by atoms with van der Waals surface area (Å²) in [7, 11) is 4.17. The van der Waals surface area contributed by atoms with Crippen molar-refractivity contribution in [3.63, 3.8) is 0 Å². The van der Waals surface area contributed by atoms with E-state index in [1.165, 1.54) is 17.5 Å². The molecule has 2 aromatic rings. The Morgan fingerprint density at radius 1 is 1.20 bits per heavy atom. The van der Waals surface area contributed by atoms with Crippen LogP contribution in [0.1, 0.15) is 55.7 Å². The maximum absolute atomic E-state index is 13.6. The molecule has 30 heavy (non-hydrogen) atoms. The number of nitrogens with zero attached hydrogens (tertiary/aromatic N) is 4. The molecule has 1 amide bonds. The van der Waals surface area contributed by atoms with Gasteiger partial charge < -0.3 is 10.2 Å². The van der Waals surface area contributed by atoms with Crippen LogP contribution in [0.15, 0.2) is 36.9 Å². The summed E-state index contributed by atoms with van der Waals surface area (Å²) in [5.74, 6) is 1.51. The zero-order chi connectivity index (χ0) is 20.9. The first-order valence-electron chi connectivity index (χ1n) is 11.3. The first-order chi connectivity index (χ1) is 14.4. The molecule has 0 spiro atoms. The van der Waals surface area contributed by atoms with Crippen molar-refractivity contribution in [3.8, 4) is 0 Å². The van der Waals surface area contributed by atoms with Crippen LogP contribution in [-0.2, 0) is 10.3 Å². The fourth-order valence-electron chi connectivity index (χ4n) is 6.97. The number of hydrogen-bond donors (Lipinski definition) is 1. The number of carbonyl (C=O) groups is 1. The minimum Gasteiger partial charge on any atom is -0.354 e. The lowest BCUT2D eigenvalue weighted by atomic mass is 9.46. The van der Waals surface area contributed by atoms with E-state index in [0.29, 0.717) is 18.4 Å². The van der Waals surface area contributed by atoms with Crippen LogP contribution in [-0.4, -0.2) is 46.2 Å². The van der Waals surface area contributed by atoms with Crippen LogP contribution in [0.2, 0.25) is 0 Å². The van der Waals surface area contributed by atoms with E-state index in [0.717, 1.165) is 32.1 Å². The second kappa shape index (κ2) is 7.19. The van der Waals surface area contributed by atoms with E-state index in [1.807, 2.05) is 6.33 Å². The molecule has 4 fully saturated rings. The van der Waals surface area contributed by atoms with Gasteiger partial charge in [0.25, 0.3) is 0 Å². The number of amides is 1. The Kier molecular flexibility index (Phi) is 4.73. The van der Waals surface area contributed by atoms with Crippen LogP contribution in [0.3, 0.4) is 0 Å².